The molecule has 0 aromatic heterocycles. The van der Waals surface area contributed by atoms with Gasteiger partial charge in [0.25, 0.3) is 0 Å². The number of hydrogen-bond acceptors (Lipinski definition) is 4. The molecule has 1 fully saturated rings. The van der Waals surface area contributed by atoms with Crippen LogP contribution < -0.4 is 15.4 Å². The quantitative estimate of drug-likeness (QED) is 0.798. The highest BCUT2D eigenvalue weighted by Gasteiger charge is 2.38. The molecule has 1 aliphatic heterocycles. The molecule has 0 amide bonds. The van der Waals surface area contributed by atoms with Crippen LogP contribution in [0.2, 0.25) is 0 Å². The van der Waals surface area contributed by atoms with Crippen molar-refractivity contribution in [2.75, 3.05) is 25.5 Å². The van der Waals surface area contributed by atoms with Crippen LogP contribution in [0, 0.1) is 0 Å². The van der Waals surface area contributed by atoms with Gasteiger partial charge in [0.05, 0.1) is 7.11 Å². The fourth-order valence-electron chi connectivity index (χ4n) is 1.90. The number of methoxy groups -OCH3 is 1. The lowest BCUT2D eigenvalue weighted by Gasteiger charge is -2.24. The second-order valence-corrected chi connectivity index (χ2v) is 4.72. The Balaban J connectivity index is 0.000000295. The molecule has 0 radical (unpaired) electrons. The first-order valence-electron chi connectivity index (χ1n) is 6.74. The Bertz CT molecular complexity index is 457. The van der Waals surface area contributed by atoms with Crippen molar-refractivity contribution in [2.24, 2.45) is 0 Å². The third-order valence-electron chi connectivity index (χ3n) is 3.00. The summed E-state index contributed by atoms with van der Waals surface area (Å²) >= 11 is 0. The molecule has 124 valence electrons. The molecule has 2 rings (SSSR count). The van der Waals surface area contributed by atoms with Crippen LogP contribution in [-0.4, -0.2) is 43.5 Å². The number of alkyl halides is 3. The van der Waals surface area contributed by atoms with Gasteiger partial charge >= 0.3 is 12.1 Å². The average molecular weight is 320 g/mol. The third-order valence-corrected chi connectivity index (χ3v) is 3.00. The van der Waals surface area contributed by atoms with Gasteiger partial charge in [0.15, 0.2) is 0 Å². The van der Waals surface area contributed by atoms with E-state index in [0.29, 0.717) is 6.04 Å². The molecular weight excluding hydrogens is 301 g/mol. The Kier molecular flexibility index (Phi) is 6.97. The van der Waals surface area contributed by atoms with Crippen LogP contribution in [0.4, 0.5) is 18.9 Å². The number of ether oxygens (including phenoxy) is 1. The second-order valence-electron chi connectivity index (χ2n) is 4.72. The minimum atomic E-state index is -5.08. The van der Waals surface area contributed by atoms with E-state index in [0.717, 1.165) is 18.8 Å². The van der Waals surface area contributed by atoms with Crippen LogP contribution in [0.3, 0.4) is 0 Å². The van der Waals surface area contributed by atoms with Gasteiger partial charge in [-0.25, -0.2) is 4.79 Å². The zero-order valence-electron chi connectivity index (χ0n) is 12.1. The van der Waals surface area contributed by atoms with Gasteiger partial charge in [-0.05, 0) is 43.7 Å². The first-order chi connectivity index (χ1) is 10.3. The fraction of sp³-hybridized carbons (Fsp3) is 0.500. The van der Waals surface area contributed by atoms with E-state index in [1.807, 2.05) is 12.1 Å². The lowest BCUT2D eigenvalue weighted by Crippen LogP contribution is -2.38. The molecule has 1 aliphatic rings. The predicted molar refractivity (Wildman–Crippen MR) is 76.2 cm³/mol. The molecule has 22 heavy (non-hydrogen) atoms. The normalized spacial score (nSPS) is 17.9. The number of benzene rings is 1. The first-order valence-corrected chi connectivity index (χ1v) is 6.74. The molecule has 1 saturated heterocycles. The number of carboxylic acid groups (broad SMARTS) is 1. The third kappa shape index (κ3) is 6.66. The van der Waals surface area contributed by atoms with Crippen molar-refractivity contribution < 1.29 is 27.8 Å². The molecule has 3 N–H and O–H groups in total. The van der Waals surface area contributed by atoms with Crippen molar-refractivity contribution >= 4 is 11.7 Å². The molecule has 1 aromatic rings. The van der Waals surface area contributed by atoms with Crippen molar-refractivity contribution in [3.8, 4) is 5.75 Å². The molecule has 0 bridgehead atoms. The topological polar surface area (TPSA) is 70.6 Å². The summed E-state index contributed by atoms with van der Waals surface area (Å²) in [6.45, 7) is 2.22. The van der Waals surface area contributed by atoms with Gasteiger partial charge in [-0.1, -0.05) is 0 Å². The van der Waals surface area contributed by atoms with Crippen molar-refractivity contribution in [3.05, 3.63) is 24.3 Å². The van der Waals surface area contributed by atoms with E-state index in [1.54, 1.807) is 7.11 Å². The second kappa shape index (κ2) is 8.47. The highest BCUT2D eigenvalue weighted by atomic mass is 19.4. The zero-order chi connectivity index (χ0) is 16.6. The number of piperidine rings is 1. The number of anilines is 1. The number of carbonyl (C=O) groups is 1. The van der Waals surface area contributed by atoms with Crippen LogP contribution in [0.1, 0.15) is 12.8 Å². The van der Waals surface area contributed by atoms with E-state index in [2.05, 4.69) is 22.8 Å². The molecule has 0 saturated carbocycles. The standard InChI is InChI=1S/C12H18N2O.C2HF3O2/c1-15-12-6-4-10(5-7-12)14-11-3-2-8-13-9-11;3-2(4,5)1(6)7/h4-7,11,13-14H,2-3,8-9H2,1H3;(H,6,7). The average Bonchev–Trinajstić information content (AvgIpc) is 2.49. The van der Waals surface area contributed by atoms with E-state index in [9.17, 15) is 13.2 Å². The number of aliphatic carboxylic acids is 1. The number of hydrogen-bond donors (Lipinski definition) is 3. The lowest BCUT2D eigenvalue weighted by atomic mass is 10.1. The van der Waals surface area contributed by atoms with Gasteiger partial charge in [0.2, 0.25) is 0 Å². The van der Waals surface area contributed by atoms with Gasteiger partial charge < -0.3 is 20.5 Å². The highest BCUT2D eigenvalue weighted by Crippen LogP contribution is 2.17. The maximum Gasteiger partial charge on any atom is 0.490 e. The molecule has 0 spiro atoms. The van der Waals surface area contributed by atoms with Crippen molar-refractivity contribution in [3.63, 3.8) is 0 Å². The summed E-state index contributed by atoms with van der Waals surface area (Å²) in [6.07, 6.45) is -2.58. The molecule has 1 aromatic carbocycles. The Morgan fingerprint density at radius 1 is 1.36 bits per heavy atom. The van der Waals surface area contributed by atoms with Crippen LogP contribution in [-0.2, 0) is 4.79 Å². The molecule has 8 heteroatoms. The molecule has 0 aliphatic carbocycles. The van der Waals surface area contributed by atoms with Crippen LogP contribution in [0.15, 0.2) is 24.3 Å². The lowest BCUT2D eigenvalue weighted by molar-refractivity contribution is -0.192. The largest absolute Gasteiger partial charge is 0.497 e. The molecule has 1 unspecified atom stereocenters. The van der Waals surface area contributed by atoms with Gasteiger partial charge in [-0.2, -0.15) is 13.2 Å². The number of carboxylic acids is 1. The number of halogens is 3. The van der Waals surface area contributed by atoms with Crippen molar-refractivity contribution in [1.82, 2.24) is 5.32 Å². The number of nitrogens with one attached hydrogen (secondary N) is 2. The maximum absolute atomic E-state index is 10.6. The SMILES string of the molecule is COc1ccc(NC2CCCNC2)cc1.O=C(O)C(F)(F)F. The Labute approximate surface area is 126 Å². The summed E-state index contributed by atoms with van der Waals surface area (Å²) in [4.78, 5) is 8.90. The smallest absolute Gasteiger partial charge is 0.490 e. The summed E-state index contributed by atoms with van der Waals surface area (Å²) in [5.74, 6) is -1.85. The zero-order valence-corrected chi connectivity index (χ0v) is 12.1. The minimum absolute atomic E-state index is 0.562. The van der Waals surface area contributed by atoms with Gasteiger partial charge in [0.1, 0.15) is 5.75 Å². The van der Waals surface area contributed by atoms with Crippen molar-refractivity contribution in [1.29, 1.82) is 0 Å². The predicted octanol–water partition coefficient (Wildman–Crippen LogP) is 2.49. The van der Waals surface area contributed by atoms with Gasteiger partial charge in [-0.15, -0.1) is 0 Å². The van der Waals surface area contributed by atoms with E-state index in [4.69, 9.17) is 14.6 Å². The van der Waals surface area contributed by atoms with E-state index < -0.39 is 12.1 Å². The van der Waals surface area contributed by atoms with E-state index in [-0.39, 0.29) is 0 Å². The Morgan fingerprint density at radius 3 is 2.36 bits per heavy atom. The summed E-state index contributed by atoms with van der Waals surface area (Å²) in [5.41, 5.74) is 1.17. The van der Waals surface area contributed by atoms with E-state index in [1.165, 1.54) is 18.5 Å². The molecule has 5 nitrogen and oxygen atoms in total. The molecule has 1 heterocycles. The van der Waals surface area contributed by atoms with Crippen LogP contribution in [0.25, 0.3) is 0 Å². The Hall–Kier alpha value is -1.96. The number of rotatable bonds is 3. The highest BCUT2D eigenvalue weighted by molar-refractivity contribution is 5.73. The Morgan fingerprint density at radius 2 is 1.95 bits per heavy atom. The van der Waals surface area contributed by atoms with E-state index >= 15 is 0 Å². The molecule has 1 atom stereocenters. The van der Waals surface area contributed by atoms with Crippen LogP contribution in [0.5, 0.6) is 5.75 Å². The summed E-state index contributed by atoms with van der Waals surface area (Å²) in [5, 5.41) is 14.0. The summed E-state index contributed by atoms with van der Waals surface area (Å²) in [7, 11) is 1.69. The first kappa shape index (κ1) is 18.1. The maximum atomic E-state index is 10.6. The minimum Gasteiger partial charge on any atom is -0.497 e. The van der Waals surface area contributed by atoms with Gasteiger partial charge in [-0.3, -0.25) is 0 Å². The summed E-state index contributed by atoms with van der Waals surface area (Å²) < 4.78 is 36.9. The van der Waals surface area contributed by atoms with Gasteiger partial charge in [0, 0.05) is 18.3 Å². The fourth-order valence-corrected chi connectivity index (χ4v) is 1.90. The van der Waals surface area contributed by atoms with Crippen molar-refractivity contribution in [2.45, 2.75) is 25.1 Å². The molecular formula is C14H19F3N2O3. The monoisotopic (exact) mass is 320 g/mol. The summed E-state index contributed by atoms with van der Waals surface area (Å²) in [6, 6.07) is 8.66. The van der Waals surface area contributed by atoms with Crippen LogP contribution >= 0.6 is 0 Å².